The van der Waals surface area contributed by atoms with E-state index < -0.39 is 10.0 Å². The van der Waals surface area contributed by atoms with Gasteiger partial charge in [0.05, 0.1) is 29.6 Å². The van der Waals surface area contributed by atoms with E-state index >= 15 is 0 Å². The first-order chi connectivity index (χ1) is 15.1. The van der Waals surface area contributed by atoms with E-state index in [0.717, 1.165) is 20.8 Å². The maximum Gasteiger partial charge on any atom is 0.244 e. The Bertz CT molecular complexity index is 1260. The molecule has 1 aliphatic heterocycles. The molecule has 0 bridgehead atoms. The number of benzene rings is 2. The van der Waals surface area contributed by atoms with Crippen molar-refractivity contribution in [3.63, 3.8) is 0 Å². The van der Waals surface area contributed by atoms with E-state index in [1.54, 1.807) is 17.4 Å². The summed E-state index contributed by atoms with van der Waals surface area (Å²) in [6.07, 6.45) is 1.33. The fourth-order valence-corrected chi connectivity index (χ4v) is 5.62. The highest BCUT2D eigenvalue weighted by Gasteiger charge is 2.26. The molecule has 0 radical (unpaired) electrons. The van der Waals surface area contributed by atoms with E-state index in [4.69, 9.17) is 9.47 Å². The number of aromatic nitrogens is 2. The van der Waals surface area contributed by atoms with Gasteiger partial charge in [0.2, 0.25) is 15.9 Å². The van der Waals surface area contributed by atoms with Gasteiger partial charge in [-0.1, -0.05) is 12.1 Å². The van der Waals surface area contributed by atoms with Crippen molar-refractivity contribution in [2.75, 3.05) is 26.3 Å². The lowest BCUT2D eigenvalue weighted by Crippen LogP contribution is -2.40. The second-order valence-corrected chi connectivity index (χ2v) is 9.93. The molecule has 31 heavy (non-hydrogen) atoms. The van der Waals surface area contributed by atoms with Gasteiger partial charge >= 0.3 is 0 Å². The van der Waals surface area contributed by atoms with E-state index in [2.05, 4.69) is 16.0 Å². The number of hydrogen-bond donors (Lipinski definition) is 0. The molecular formula is C22H19N3O4S2. The van der Waals surface area contributed by atoms with Crippen LogP contribution in [0.3, 0.4) is 0 Å². The fourth-order valence-electron chi connectivity index (χ4n) is 3.30. The number of pyridine rings is 1. The van der Waals surface area contributed by atoms with Crippen LogP contribution in [0.15, 0.2) is 71.8 Å². The van der Waals surface area contributed by atoms with Crippen LogP contribution in [0, 0.1) is 0 Å². The first-order valence-electron chi connectivity index (χ1n) is 9.77. The average molecular weight is 454 g/mol. The number of ether oxygens (including phenoxy) is 2. The Morgan fingerprint density at radius 3 is 2.45 bits per heavy atom. The van der Waals surface area contributed by atoms with Gasteiger partial charge in [-0.05, 0) is 42.5 Å². The van der Waals surface area contributed by atoms with Crippen molar-refractivity contribution in [1.82, 2.24) is 14.3 Å². The number of hydrogen-bond acceptors (Lipinski definition) is 7. The predicted octanol–water partition coefficient (Wildman–Crippen LogP) is 4.17. The minimum absolute atomic E-state index is 0.146. The van der Waals surface area contributed by atoms with Gasteiger partial charge in [-0.3, -0.25) is 0 Å². The summed E-state index contributed by atoms with van der Waals surface area (Å²) in [7, 11) is -3.57. The molecule has 4 aromatic rings. The molecule has 2 aromatic heterocycles. The molecule has 1 fully saturated rings. The number of nitrogens with zero attached hydrogens (tertiary/aromatic N) is 3. The van der Waals surface area contributed by atoms with E-state index in [0.29, 0.717) is 37.9 Å². The van der Waals surface area contributed by atoms with Crippen LogP contribution in [0.25, 0.3) is 20.8 Å². The summed E-state index contributed by atoms with van der Waals surface area (Å²) in [5.41, 5.74) is 1.99. The average Bonchev–Trinajstić information content (AvgIpc) is 3.25. The van der Waals surface area contributed by atoms with Crippen molar-refractivity contribution < 1.29 is 17.9 Å². The molecule has 7 nitrogen and oxygen atoms in total. The zero-order valence-corrected chi connectivity index (χ0v) is 18.1. The monoisotopic (exact) mass is 453 g/mol. The Balaban J connectivity index is 1.30. The maximum absolute atomic E-state index is 12.7. The van der Waals surface area contributed by atoms with E-state index in [9.17, 15) is 8.42 Å². The van der Waals surface area contributed by atoms with Gasteiger partial charge < -0.3 is 9.47 Å². The molecule has 0 amide bonds. The first kappa shape index (κ1) is 20.1. The highest BCUT2D eigenvalue weighted by molar-refractivity contribution is 7.89. The topological polar surface area (TPSA) is 81.6 Å². The smallest absolute Gasteiger partial charge is 0.244 e. The summed E-state index contributed by atoms with van der Waals surface area (Å²) < 4.78 is 38.9. The fraction of sp³-hybridized carbons (Fsp3) is 0.182. The van der Waals surface area contributed by atoms with Gasteiger partial charge in [0.1, 0.15) is 15.7 Å². The van der Waals surface area contributed by atoms with Crippen molar-refractivity contribution in [2.24, 2.45) is 0 Å². The van der Waals surface area contributed by atoms with Gasteiger partial charge in [-0.2, -0.15) is 4.31 Å². The van der Waals surface area contributed by atoms with Crippen molar-refractivity contribution in [2.45, 2.75) is 4.90 Å². The second-order valence-electron chi connectivity index (χ2n) is 6.96. The molecule has 0 N–H and O–H groups in total. The third-order valence-corrected chi connectivity index (χ3v) is 7.90. The van der Waals surface area contributed by atoms with Gasteiger partial charge in [-0.25, -0.2) is 18.4 Å². The standard InChI is InChI=1S/C22H19N3O4S2/c26-31(27,25-11-13-28-14-12-25)18-9-10-21(23-15-18)29-17-7-5-16(6-8-17)22-24-19-3-1-2-4-20(19)30-22/h1-10,15H,11-14H2. The Labute approximate surface area is 184 Å². The molecule has 0 atom stereocenters. The summed E-state index contributed by atoms with van der Waals surface area (Å²) in [6, 6.07) is 18.7. The van der Waals surface area contributed by atoms with Crippen LogP contribution in [0.4, 0.5) is 0 Å². The van der Waals surface area contributed by atoms with E-state index in [1.165, 1.54) is 16.6 Å². The summed E-state index contributed by atoms with van der Waals surface area (Å²) in [4.78, 5) is 8.99. The Morgan fingerprint density at radius 2 is 1.74 bits per heavy atom. The first-order valence-corrected chi connectivity index (χ1v) is 12.0. The molecule has 5 rings (SSSR count). The van der Waals surface area contributed by atoms with Crippen molar-refractivity contribution in [3.05, 3.63) is 66.9 Å². The SMILES string of the molecule is O=S(=O)(c1ccc(Oc2ccc(-c3nc4ccccc4s3)cc2)nc1)N1CCOCC1. The lowest BCUT2D eigenvalue weighted by Gasteiger charge is -2.25. The minimum Gasteiger partial charge on any atom is -0.439 e. The predicted molar refractivity (Wildman–Crippen MR) is 119 cm³/mol. The number of morpholine rings is 1. The lowest BCUT2D eigenvalue weighted by atomic mass is 10.2. The highest BCUT2D eigenvalue weighted by atomic mass is 32.2. The van der Waals surface area contributed by atoms with Gasteiger partial charge in [0.25, 0.3) is 0 Å². The summed E-state index contributed by atoms with van der Waals surface area (Å²) >= 11 is 1.64. The molecule has 158 valence electrons. The lowest BCUT2D eigenvalue weighted by molar-refractivity contribution is 0.0730. The number of fused-ring (bicyclic) bond motifs is 1. The Kier molecular flexibility index (Phi) is 5.41. The van der Waals surface area contributed by atoms with Crippen molar-refractivity contribution >= 4 is 31.6 Å². The third kappa shape index (κ3) is 4.17. The largest absolute Gasteiger partial charge is 0.439 e. The summed E-state index contributed by atoms with van der Waals surface area (Å²) in [5.74, 6) is 0.940. The van der Waals surface area contributed by atoms with Gasteiger partial charge in [0, 0.05) is 24.7 Å². The molecule has 0 aliphatic carbocycles. The normalized spacial score (nSPS) is 15.2. The summed E-state index contributed by atoms with van der Waals surface area (Å²) in [5, 5.41) is 0.948. The van der Waals surface area contributed by atoms with Crippen LogP contribution < -0.4 is 4.74 Å². The molecule has 9 heteroatoms. The zero-order chi connectivity index (χ0) is 21.3. The summed E-state index contributed by atoms with van der Waals surface area (Å²) in [6.45, 7) is 1.50. The number of para-hydroxylation sites is 1. The third-order valence-electron chi connectivity index (χ3n) is 4.93. The number of rotatable bonds is 5. The van der Waals surface area contributed by atoms with E-state index in [-0.39, 0.29) is 4.90 Å². The van der Waals surface area contributed by atoms with E-state index in [1.807, 2.05) is 42.5 Å². The Hall–Kier alpha value is -2.85. The van der Waals surface area contributed by atoms with Crippen molar-refractivity contribution in [3.8, 4) is 22.2 Å². The highest BCUT2D eigenvalue weighted by Crippen LogP contribution is 2.31. The van der Waals surface area contributed by atoms with Gasteiger partial charge in [0.15, 0.2) is 0 Å². The molecule has 2 aromatic carbocycles. The molecule has 1 saturated heterocycles. The molecule has 1 aliphatic rings. The molecule has 0 spiro atoms. The minimum atomic E-state index is -3.57. The second kappa shape index (κ2) is 8.35. The van der Waals surface area contributed by atoms with Crippen LogP contribution in [0.1, 0.15) is 0 Å². The van der Waals surface area contributed by atoms with Crippen molar-refractivity contribution in [1.29, 1.82) is 0 Å². The zero-order valence-electron chi connectivity index (χ0n) is 16.5. The molecule has 0 saturated carbocycles. The Morgan fingerprint density at radius 1 is 0.968 bits per heavy atom. The number of thiazole rings is 1. The maximum atomic E-state index is 12.7. The van der Waals surface area contributed by atoms with Crippen LogP contribution in [0.2, 0.25) is 0 Å². The van der Waals surface area contributed by atoms with Crippen LogP contribution >= 0.6 is 11.3 Å². The van der Waals surface area contributed by atoms with Crippen LogP contribution in [-0.2, 0) is 14.8 Å². The van der Waals surface area contributed by atoms with Crippen LogP contribution in [0.5, 0.6) is 11.6 Å². The molecular weight excluding hydrogens is 434 g/mol. The van der Waals surface area contributed by atoms with Gasteiger partial charge in [-0.15, -0.1) is 11.3 Å². The number of sulfonamides is 1. The van der Waals surface area contributed by atoms with Crippen LogP contribution in [-0.4, -0.2) is 49.0 Å². The molecule has 3 heterocycles. The molecule has 0 unspecified atom stereocenters. The quantitative estimate of drug-likeness (QED) is 0.451.